The molecule has 0 saturated carbocycles. The second kappa shape index (κ2) is 6.05. The first kappa shape index (κ1) is 14.4. The Balaban J connectivity index is 2.00. The molecular formula is C15H19ClN4O. The summed E-state index contributed by atoms with van der Waals surface area (Å²) in [6.07, 6.45) is 3.59. The summed E-state index contributed by atoms with van der Waals surface area (Å²) in [5.74, 6) is 6.75. The van der Waals surface area contributed by atoms with Crippen LogP contribution in [0, 0.1) is 0 Å². The number of hydrogen-bond acceptors (Lipinski definition) is 4. The molecule has 1 unspecified atom stereocenters. The highest BCUT2D eigenvalue weighted by molar-refractivity contribution is 6.31. The van der Waals surface area contributed by atoms with E-state index in [2.05, 4.69) is 23.5 Å². The van der Waals surface area contributed by atoms with E-state index in [0.717, 1.165) is 43.0 Å². The maximum absolute atomic E-state index is 6.32. The van der Waals surface area contributed by atoms with Gasteiger partial charge in [-0.15, -0.1) is 0 Å². The van der Waals surface area contributed by atoms with Crippen LogP contribution in [0.5, 0.6) is 5.75 Å². The smallest absolute Gasteiger partial charge is 0.122 e. The standard InChI is InChI=1S/C15H19ClN4O/c1-2-6-20-15(12(16)9-18-20)14(19-17)11-3-4-13-10(8-11)5-7-21-13/h3-4,8-9,14,19H,2,5-7,17H2,1H3. The Hall–Kier alpha value is -1.56. The minimum Gasteiger partial charge on any atom is -0.493 e. The summed E-state index contributed by atoms with van der Waals surface area (Å²) in [4.78, 5) is 0. The van der Waals surface area contributed by atoms with E-state index in [-0.39, 0.29) is 6.04 Å². The molecule has 0 aliphatic carbocycles. The fourth-order valence-electron chi connectivity index (χ4n) is 2.77. The van der Waals surface area contributed by atoms with E-state index in [1.54, 1.807) is 6.20 Å². The van der Waals surface area contributed by atoms with Crippen molar-refractivity contribution in [3.63, 3.8) is 0 Å². The van der Waals surface area contributed by atoms with Gasteiger partial charge in [0.05, 0.1) is 29.6 Å². The number of benzene rings is 1. The van der Waals surface area contributed by atoms with Crippen LogP contribution in [-0.4, -0.2) is 16.4 Å². The molecule has 5 nitrogen and oxygen atoms in total. The van der Waals surface area contributed by atoms with E-state index in [1.165, 1.54) is 5.56 Å². The normalized spacial score (nSPS) is 14.8. The van der Waals surface area contributed by atoms with E-state index in [1.807, 2.05) is 16.8 Å². The zero-order chi connectivity index (χ0) is 14.8. The van der Waals surface area contributed by atoms with E-state index < -0.39 is 0 Å². The molecule has 1 aromatic carbocycles. The minimum atomic E-state index is -0.183. The van der Waals surface area contributed by atoms with Crippen LogP contribution in [0.15, 0.2) is 24.4 Å². The predicted octanol–water partition coefficient (Wildman–Crippen LogP) is 2.43. The van der Waals surface area contributed by atoms with Gasteiger partial charge in [0.25, 0.3) is 0 Å². The van der Waals surface area contributed by atoms with Crippen LogP contribution in [0.25, 0.3) is 0 Å². The van der Waals surface area contributed by atoms with Crippen LogP contribution in [0.4, 0.5) is 0 Å². The summed E-state index contributed by atoms with van der Waals surface area (Å²) in [5.41, 5.74) is 6.05. The van der Waals surface area contributed by atoms with Crippen molar-refractivity contribution >= 4 is 11.6 Å². The second-order valence-corrected chi connectivity index (χ2v) is 5.57. The summed E-state index contributed by atoms with van der Waals surface area (Å²) >= 11 is 6.32. The van der Waals surface area contributed by atoms with Crippen molar-refractivity contribution in [2.45, 2.75) is 32.4 Å². The van der Waals surface area contributed by atoms with E-state index in [0.29, 0.717) is 5.02 Å². The zero-order valence-corrected chi connectivity index (χ0v) is 12.7. The third kappa shape index (κ3) is 2.64. The average molecular weight is 307 g/mol. The Morgan fingerprint density at radius 2 is 2.38 bits per heavy atom. The number of nitrogens with one attached hydrogen (secondary N) is 1. The summed E-state index contributed by atoms with van der Waals surface area (Å²) < 4.78 is 7.46. The third-order valence-electron chi connectivity index (χ3n) is 3.76. The first-order valence-electron chi connectivity index (χ1n) is 7.17. The summed E-state index contributed by atoms with van der Waals surface area (Å²) in [6, 6.07) is 5.97. The Morgan fingerprint density at radius 1 is 1.52 bits per heavy atom. The quantitative estimate of drug-likeness (QED) is 0.658. The van der Waals surface area contributed by atoms with E-state index in [9.17, 15) is 0 Å². The van der Waals surface area contributed by atoms with Crippen molar-refractivity contribution in [3.05, 3.63) is 46.2 Å². The molecule has 1 aromatic heterocycles. The molecule has 1 aliphatic rings. The molecule has 2 aromatic rings. The summed E-state index contributed by atoms with van der Waals surface area (Å²) in [7, 11) is 0. The zero-order valence-electron chi connectivity index (χ0n) is 12.0. The lowest BCUT2D eigenvalue weighted by Crippen LogP contribution is -2.31. The summed E-state index contributed by atoms with van der Waals surface area (Å²) in [6.45, 7) is 3.67. The first-order chi connectivity index (χ1) is 10.2. The number of hydrazine groups is 1. The van der Waals surface area contributed by atoms with E-state index in [4.69, 9.17) is 22.2 Å². The van der Waals surface area contributed by atoms with Gasteiger partial charge in [0, 0.05) is 13.0 Å². The van der Waals surface area contributed by atoms with Gasteiger partial charge < -0.3 is 4.74 Å². The molecule has 2 heterocycles. The Labute approximate surface area is 129 Å². The van der Waals surface area contributed by atoms with Crippen LogP contribution in [0.1, 0.15) is 36.2 Å². The maximum atomic E-state index is 6.32. The van der Waals surface area contributed by atoms with Crippen molar-refractivity contribution < 1.29 is 4.74 Å². The molecule has 0 radical (unpaired) electrons. The molecule has 0 bridgehead atoms. The molecule has 3 rings (SSSR count). The number of ether oxygens (including phenoxy) is 1. The van der Waals surface area contributed by atoms with Crippen LogP contribution in [0.2, 0.25) is 5.02 Å². The Bertz CT molecular complexity index is 641. The van der Waals surface area contributed by atoms with Crippen molar-refractivity contribution in [2.75, 3.05) is 6.61 Å². The van der Waals surface area contributed by atoms with Gasteiger partial charge in [0.15, 0.2) is 0 Å². The second-order valence-electron chi connectivity index (χ2n) is 5.17. The molecule has 6 heteroatoms. The number of halogens is 1. The molecule has 1 aliphatic heterocycles. The van der Waals surface area contributed by atoms with Crippen molar-refractivity contribution in [2.24, 2.45) is 5.84 Å². The van der Waals surface area contributed by atoms with Gasteiger partial charge in [0.2, 0.25) is 0 Å². The van der Waals surface area contributed by atoms with E-state index >= 15 is 0 Å². The predicted molar refractivity (Wildman–Crippen MR) is 82.3 cm³/mol. The molecule has 1 atom stereocenters. The Kier molecular flexibility index (Phi) is 4.14. The number of fused-ring (bicyclic) bond motifs is 1. The van der Waals surface area contributed by atoms with Gasteiger partial charge in [0.1, 0.15) is 5.75 Å². The first-order valence-corrected chi connectivity index (χ1v) is 7.55. The number of aromatic nitrogens is 2. The Morgan fingerprint density at radius 3 is 3.14 bits per heavy atom. The summed E-state index contributed by atoms with van der Waals surface area (Å²) in [5, 5.41) is 4.96. The minimum absolute atomic E-state index is 0.183. The average Bonchev–Trinajstić information content (AvgIpc) is 3.09. The van der Waals surface area contributed by atoms with Crippen molar-refractivity contribution in [1.29, 1.82) is 0 Å². The molecular weight excluding hydrogens is 288 g/mol. The number of nitrogens with zero attached hydrogens (tertiary/aromatic N) is 2. The van der Waals surface area contributed by atoms with Gasteiger partial charge in [-0.05, 0) is 29.7 Å². The van der Waals surface area contributed by atoms with Gasteiger partial charge in [-0.25, -0.2) is 5.43 Å². The fraction of sp³-hybridized carbons (Fsp3) is 0.400. The van der Waals surface area contributed by atoms with Crippen LogP contribution in [-0.2, 0) is 13.0 Å². The molecule has 21 heavy (non-hydrogen) atoms. The highest BCUT2D eigenvalue weighted by Crippen LogP contribution is 2.32. The molecule has 0 saturated heterocycles. The van der Waals surface area contributed by atoms with Crippen molar-refractivity contribution in [1.82, 2.24) is 15.2 Å². The van der Waals surface area contributed by atoms with Gasteiger partial charge >= 0.3 is 0 Å². The topological polar surface area (TPSA) is 65.1 Å². The van der Waals surface area contributed by atoms with Crippen LogP contribution < -0.4 is 16.0 Å². The number of rotatable bonds is 5. The SMILES string of the molecule is CCCn1ncc(Cl)c1C(NN)c1ccc2c(c1)CCO2. The number of hydrogen-bond donors (Lipinski definition) is 2. The molecule has 0 amide bonds. The van der Waals surface area contributed by atoms with Crippen LogP contribution >= 0.6 is 11.6 Å². The molecule has 3 N–H and O–H groups in total. The fourth-order valence-corrected chi connectivity index (χ4v) is 3.02. The highest BCUT2D eigenvalue weighted by Gasteiger charge is 2.23. The molecule has 0 fully saturated rings. The van der Waals surface area contributed by atoms with Gasteiger partial charge in [-0.1, -0.05) is 24.6 Å². The number of aryl methyl sites for hydroxylation is 1. The maximum Gasteiger partial charge on any atom is 0.122 e. The monoisotopic (exact) mass is 306 g/mol. The lowest BCUT2D eigenvalue weighted by molar-refractivity contribution is 0.356. The third-order valence-corrected chi connectivity index (χ3v) is 4.05. The lowest BCUT2D eigenvalue weighted by atomic mass is 10.0. The largest absolute Gasteiger partial charge is 0.493 e. The van der Waals surface area contributed by atoms with Gasteiger partial charge in [-0.3, -0.25) is 10.5 Å². The highest BCUT2D eigenvalue weighted by atomic mass is 35.5. The van der Waals surface area contributed by atoms with Crippen LogP contribution in [0.3, 0.4) is 0 Å². The molecule has 0 spiro atoms. The number of nitrogens with two attached hydrogens (primary N) is 1. The van der Waals surface area contributed by atoms with Crippen molar-refractivity contribution in [3.8, 4) is 5.75 Å². The van der Waals surface area contributed by atoms with Gasteiger partial charge in [-0.2, -0.15) is 5.10 Å². The molecule has 112 valence electrons. The lowest BCUT2D eigenvalue weighted by Gasteiger charge is -2.19.